The van der Waals surface area contributed by atoms with E-state index < -0.39 is 0 Å². The first kappa shape index (κ1) is 13.2. The van der Waals surface area contributed by atoms with Crippen LogP contribution in [0.2, 0.25) is 0 Å². The molecule has 2 heteroatoms. The molecule has 0 aliphatic heterocycles. The topological polar surface area (TPSA) is 16.8 Å². The summed E-state index contributed by atoms with van der Waals surface area (Å²) in [6.07, 6.45) is 4.84. The van der Waals surface area contributed by atoms with Crippen LogP contribution in [0.3, 0.4) is 0 Å². The van der Waals surface area contributed by atoms with Gasteiger partial charge in [0.1, 0.15) is 7.05 Å². The fraction of sp³-hybridized carbons (Fsp3) is 0.200. The van der Waals surface area contributed by atoms with Gasteiger partial charge in [-0.25, -0.2) is 0 Å². The fourth-order valence-electron chi connectivity index (χ4n) is 3.45. The van der Waals surface area contributed by atoms with Gasteiger partial charge in [0.05, 0.1) is 6.42 Å². The summed E-state index contributed by atoms with van der Waals surface area (Å²) >= 11 is 0. The number of hydrogen-bond donors (Lipinski definition) is 0. The Morgan fingerprint density at radius 3 is 2.68 bits per heavy atom. The lowest BCUT2D eigenvalue weighted by Crippen LogP contribution is -2.36. The standard InChI is InChI=1S/C20H19N2/c1-13-4-5-14(2)18(10-13)19-7-6-17-16-8-9-21-12-15(16)11-20(17)22(19)3/h4-10,12H,11H2,1-3H3/q+1. The zero-order valence-electron chi connectivity index (χ0n) is 13.2. The van der Waals surface area contributed by atoms with Crippen molar-refractivity contribution in [2.24, 2.45) is 7.05 Å². The maximum Gasteiger partial charge on any atom is 0.212 e. The first-order valence-corrected chi connectivity index (χ1v) is 7.68. The van der Waals surface area contributed by atoms with Gasteiger partial charge < -0.3 is 0 Å². The summed E-state index contributed by atoms with van der Waals surface area (Å²) in [5.41, 5.74) is 10.6. The molecule has 3 aromatic rings. The molecule has 2 aromatic heterocycles. The molecule has 0 unspecified atom stereocenters. The van der Waals surface area contributed by atoms with Crippen LogP contribution in [0.5, 0.6) is 0 Å². The zero-order valence-corrected chi connectivity index (χ0v) is 13.2. The molecule has 0 saturated heterocycles. The first-order chi connectivity index (χ1) is 10.6. The number of fused-ring (bicyclic) bond motifs is 3. The number of nitrogens with zero attached hydrogens (tertiary/aromatic N) is 2. The predicted molar refractivity (Wildman–Crippen MR) is 88.6 cm³/mol. The van der Waals surface area contributed by atoms with Crippen molar-refractivity contribution in [2.75, 3.05) is 0 Å². The second-order valence-electron chi connectivity index (χ2n) is 6.17. The van der Waals surface area contributed by atoms with E-state index in [4.69, 9.17) is 0 Å². The first-order valence-electron chi connectivity index (χ1n) is 7.68. The third-order valence-corrected chi connectivity index (χ3v) is 4.71. The van der Waals surface area contributed by atoms with E-state index >= 15 is 0 Å². The molecule has 0 N–H and O–H groups in total. The van der Waals surface area contributed by atoms with Gasteiger partial charge in [0.25, 0.3) is 0 Å². The van der Waals surface area contributed by atoms with Crippen LogP contribution in [0.4, 0.5) is 0 Å². The minimum absolute atomic E-state index is 0.966. The molecule has 0 atom stereocenters. The van der Waals surface area contributed by atoms with Gasteiger partial charge in [-0.15, -0.1) is 0 Å². The number of pyridine rings is 2. The summed E-state index contributed by atoms with van der Waals surface area (Å²) in [6, 6.07) is 13.3. The fourth-order valence-corrected chi connectivity index (χ4v) is 3.45. The molecular weight excluding hydrogens is 268 g/mol. The third-order valence-electron chi connectivity index (χ3n) is 4.71. The third kappa shape index (κ3) is 1.87. The molecule has 0 fully saturated rings. The second-order valence-corrected chi connectivity index (χ2v) is 6.17. The molecule has 1 aliphatic carbocycles. The van der Waals surface area contributed by atoms with Crippen molar-refractivity contribution in [1.82, 2.24) is 4.98 Å². The van der Waals surface area contributed by atoms with Crippen LogP contribution in [0.25, 0.3) is 22.4 Å². The highest BCUT2D eigenvalue weighted by molar-refractivity contribution is 5.75. The average Bonchev–Trinajstić information content (AvgIpc) is 2.90. The van der Waals surface area contributed by atoms with Crippen molar-refractivity contribution in [1.29, 1.82) is 0 Å². The minimum Gasteiger partial charge on any atom is -0.264 e. The average molecular weight is 287 g/mol. The molecule has 1 aliphatic rings. The molecule has 0 bridgehead atoms. The van der Waals surface area contributed by atoms with E-state index in [0.29, 0.717) is 0 Å². The van der Waals surface area contributed by atoms with Gasteiger partial charge in [-0.3, -0.25) is 4.98 Å². The number of aryl methyl sites for hydroxylation is 2. The van der Waals surface area contributed by atoms with Gasteiger partial charge in [0, 0.05) is 29.6 Å². The van der Waals surface area contributed by atoms with Gasteiger partial charge in [0.15, 0.2) is 5.69 Å². The summed E-state index contributed by atoms with van der Waals surface area (Å²) in [5.74, 6) is 0. The monoisotopic (exact) mass is 287 g/mol. The van der Waals surface area contributed by atoms with Crippen molar-refractivity contribution < 1.29 is 4.57 Å². The molecule has 0 saturated carbocycles. The molecule has 108 valence electrons. The normalized spacial score (nSPS) is 12.1. The van der Waals surface area contributed by atoms with Gasteiger partial charge >= 0.3 is 0 Å². The van der Waals surface area contributed by atoms with Crippen LogP contribution in [0, 0.1) is 13.8 Å². The maximum absolute atomic E-state index is 4.27. The Morgan fingerprint density at radius 2 is 1.82 bits per heavy atom. The predicted octanol–water partition coefficient (Wildman–Crippen LogP) is 3.76. The Balaban J connectivity index is 1.92. The Kier molecular flexibility index (Phi) is 2.86. The van der Waals surface area contributed by atoms with Crippen LogP contribution >= 0.6 is 0 Å². The highest BCUT2D eigenvalue weighted by atomic mass is 15.0. The van der Waals surface area contributed by atoms with E-state index in [-0.39, 0.29) is 0 Å². The summed E-state index contributed by atoms with van der Waals surface area (Å²) in [6.45, 7) is 4.33. The molecule has 0 amide bonds. The molecule has 22 heavy (non-hydrogen) atoms. The molecule has 0 spiro atoms. The van der Waals surface area contributed by atoms with Gasteiger partial charge in [-0.1, -0.05) is 17.7 Å². The van der Waals surface area contributed by atoms with Gasteiger partial charge in [-0.05, 0) is 48.7 Å². The summed E-state index contributed by atoms with van der Waals surface area (Å²) < 4.78 is 2.34. The molecule has 4 rings (SSSR count). The van der Waals surface area contributed by atoms with Gasteiger partial charge in [-0.2, -0.15) is 4.57 Å². The maximum atomic E-state index is 4.27. The van der Waals surface area contributed by atoms with Gasteiger partial charge in [0.2, 0.25) is 5.69 Å². The number of rotatable bonds is 1. The van der Waals surface area contributed by atoms with Crippen LogP contribution in [0.15, 0.2) is 48.8 Å². The number of hydrogen-bond acceptors (Lipinski definition) is 1. The lowest BCUT2D eigenvalue weighted by Gasteiger charge is -2.08. The van der Waals surface area contributed by atoms with Crippen molar-refractivity contribution >= 4 is 0 Å². The SMILES string of the molecule is Cc1ccc(C)c(-c2ccc3c([n+]2C)Cc2cnccc2-3)c1. The molecular formula is C20H19N2+. The second kappa shape index (κ2) is 4.77. The van der Waals surface area contributed by atoms with E-state index in [2.05, 4.69) is 66.8 Å². The van der Waals surface area contributed by atoms with Crippen molar-refractivity contribution in [2.45, 2.75) is 20.3 Å². The van der Waals surface area contributed by atoms with E-state index in [1.54, 1.807) is 0 Å². The smallest absolute Gasteiger partial charge is 0.212 e. The highest BCUT2D eigenvalue weighted by Crippen LogP contribution is 2.35. The number of aromatic nitrogens is 2. The van der Waals surface area contributed by atoms with Crippen molar-refractivity contribution in [3.8, 4) is 22.4 Å². The highest BCUT2D eigenvalue weighted by Gasteiger charge is 2.28. The zero-order chi connectivity index (χ0) is 15.3. The van der Waals surface area contributed by atoms with Crippen LogP contribution in [-0.2, 0) is 13.5 Å². The van der Waals surface area contributed by atoms with Crippen LogP contribution in [0.1, 0.15) is 22.4 Å². The molecule has 1 aromatic carbocycles. The summed E-state index contributed by atoms with van der Waals surface area (Å²) in [4.78, 5) is 4.27. The molecule has 2 nitrogen and oxygen atoms in total. The van der Waals surface area contributed by atoms with Crippen LogP contribution in [-0.4, -0.2) is 4.98 Å². The Bertz CT molecular complexity index is 894. The van der Waals surface area contributed by atoms with E-state index in [1.165, 1.54) is 44.8 Å². The summed E-state index contributed by atoms with van der Waals surface area (Å²) in [7, 11) is 2.18. The van der Waals surface area contributed by atoms with E-state index in [0.717, 1.165) is 6.42 Å². The van der Waals surface area contributed by atoms with E-state index in [1.807, 2.05) is 12.4 Å². The van der Waals surface area contributed by atoms with Crippen molar-refractivity contribution in [3.63, 3.8) is 0 Å². The Labute approximate surface area is 131 Å². The van der Waals surface area contributed by atoms with Crippen molar-refractivity contribution in [3.05, 3.63) is 71.2 Å². The largest absolute Gasteiger partial charge is 0.264 e. The Morgan fingerprint density at radius 1 is 0.955 bits per heavy atom. The lowest BCUT2D eigenvalue weighted by molar-refractivity contribution is -0.666. The molecule has 2 heterocycles. The Hall–Kier alpha value is -2.48. The van der Waals surface area contributed by atoms with E-state index in [9.17, 15) is 0 Å². The summed E-state index contributed by atoms with van der Waals surface area (Å²) in [5, 5.41) is 0. The molecule has 0 radical (unpaired) electrons. The van der Waals surface area contributed by atoms with Crippen LogP contribution < -0.4 is 4.57 Å². The number of benzene rings is 1. The lowest BCUT2D eigenvalue weighted by atomic mass is 10.0. The minimum atomic E-state index is 0.966. The quantitative estimate of drug-likeness (QED) is 0.487.